The molecule has 4 rings (SSSR count). The number of hydrogen-bond donors (Lipinski definition) is 0. The van der Waals surface area contributed by atoms with E-state index in [2.05, 4.69) is 41.4 Å². The van der Waals surface area contributed by atoms with Crippen LogP contribution in [-0.2, 0) is 5.75 Å². The molecule has 0 aliphatic rings. The summed E-state index contributed by atoms with van der Waals surface area (Å²) in [6.45, 7) is 4.11. The van der Waals surface area contributed by atoms with Crippen molar-refractivity contribution in [2.45, 2.75) is 24.6 Å². The van der Waals surface area contributed by atoms with Crippen molar-refractivity contribution in [3.05, 3.63) is 77.5 Å². The first-order chi connectivity index (χ1) is 14.1. The van der Waals surface area contributed by atoms with Crippen molar-refractivity contribution >= 4 is 23.1 Å². The summed E-state index contributed by atoms with van der Waals surface area (Å²) in [5, 5.41) is 10.8. The second-order valence-corrected chi connectivity index (χ2v) is 8.69. The average Bonchev–Trinajstić information content (AvgIpc) is 3.15. The Morgan fingerprint density at radius 2 is 1.66 bits per heavy atom. The fourth-order valence-electron chi connectivity index (χ4n) is 2.85. The van der Waals surface area contributed by atoms with E-state index in [4.69, 9.17) is 9.72 Å². The van der Waals surface area contributed by atoms with Crippen molar-refractivity contribution in [2.24, 2.45) is 0 Å². The van der Waals surface area contributed by atoms with Crippen molar-refractivity contribution in [1.29, 1.82) is 0 Å². The highest BCUT2D eigenvalue weighted by atomic mass is 32.2. The van der Waals surface area contributed by atoms with Crippen molar-refractivity contribution in [1.82, 2.24) is 15.2 Å². The third-order valence-corrected chi connectivity index (χ3v) is 6.73. The molecule has 4 nitrogen and oxygen atoms in total. The number of rotatable bonds is 6. The molecule has 0 radical (unpaired) electrons. The Morgan fingerprint density at radius 3 is 2.31 bits per heavy atom. The SMILES string of the molecule is COc1ccc(-c2nc(C)c(-c3ccc(SCc4ccc(C)cc4)nn3)s2)cc1. The normalized spacial score (nSPS) is 10.9. The molecule has 0 aliphatic carbocycles. The molecule has 0 spiro atoms. The van der Waals surface area contributed by atoms with Gasteiger partial charge in [-0.05, 0) is 55.8 Å². The summed E-state index contributed by atoms with van der Waals surface area (Å²) in [7, 11) is 1.67. The van der Waals surface area contributed by atoms with Gasteiger partial charge < -0.3 is 4.74 Å². The van der Waals surface area contributed by atoms with Gasteiger partial charge in [0.2, 0.25) is 0 Å². The lowest BCUT2D eigenvalue weighted by Gasteiger charge is -2.03. The van der Waals surface area contributed by atoms with Crippen LogP contribution in [-0.4, -0.2) is 22.3 Å². The maximum atomic E-state index is 5.23. The zero-order chi connectivity index (χ0) is 20.2. The number of aryl methyl sites for hydroxylation is 2. The first kappa shape index (κ1) is 19.6. The molecular weight excluding hydrogens is 398 g/mol. The standard InChI is InChI=1S/C23H21N3OS2/c1-15-4-6-17(7-5-15)14-28-21-13-12-20(25-26-21)22-16(2)24-23(29-22)18-8-10-19(27-3)11-9-18/h4-13H,14H2,1-3H3. The van der Waals surface area contributed by atoms with Gasteiger partial charge in [0.05, 0.1) is 17.7 Å². The molecule has 0 bridgehead atoms. The molecule has 146 valence electrons. The van der Waals surface area contributed by atoms with Gasteiger partial charge in [-0.25, -0.2) is 4.98 Å². The van der Waals surface area contributed by atoms with E-state index >= 15 is 0 Å². The summed E-state index contributed by atoms with van der Waals surface area (Å²) in [5.41, 5.74) is 5.46. The van der Waals surface area contributed by atoms with Gasteiger partial charge in [0, 0.05) is 11.3 Å². The van der Waals surface area contributed by atoms with Crippen LogP contribution >= 0.6 is 23.1 Å². The molecule has 0 saturated carbocycles. The highest BCUT2D eigenvalue weighted by Gasteiger charge is 2.13. The summed E-state index contributed by atoms with van der Waals surface area (Å²) >= 11 is 3.33. The Labute approximate surface area is 179 Å². The molecule has 2 aromatic heterocycles. The number of aromatic nitrogens is 3. The average molecular weight is 420 g/mol. The maximum Gasteiger partial charge on any atom is 0.124 e. The van der Waals surface area contributed by atoms with Crippen LogP contribution in [0.3, 0.4) is 0 Å². The molecule has 2 aromatic carbocycles. The van der Waals surface area contributed by atoms with Crippen molar-refractivity contribution in [3.63, 3.8) is 0 Å². The maximum absolute atomic E-state index is 5.23. The van der Waals surface area contributed by atoms with Crippen LogP contribution in [0.5, 0.6) is 5.75 Å². The summed E-state index contributed by atoms with van der Waals surface area (Å²) < 4.78 is 5.23. The van der Waals surface area contributed by atoms with Crippen molar-refractivity contribution in [3.8, 4) is 26.9 Å². The number of thioether (sulfide) groups is 1. The van der Waals surface area contributed by atoms with Gasteiger partial charge in [-0.2, -0.15) is 0 Å². The number of benzene rings is 2. The van der Waals surface area contributed by atoms with E-state index in [0.717, 1.165) is 43.4 Å². The van der Waals surface area contributed by atoms with Crippen LogP contribution in [0.15, 0.2) is 65.7 Å². The van der Waals surface area contributed by atoms with Crippen LogP contribution in [0.1, 0.15) is 16.8 Å². The Balaban J connectivity index is 1.48. The first-order valence-corrected chi connectivity index (χ1v) is 11.1. The smallest absolute Gasteiger partial charge is 0.124 e. The monoisotopic (exact) mass is 419 g/mol. The first-order valence-electron chi connectivity index (χ1n) is 9.26. The lowest BCUT2D eigenvalue weighted by atomic mass is 10.2. The molecular formula is C23H21N3OS2. The summed E-state index contributed by atoms with van der Waals surface area (Å²) in [6.07, 6.45) is 0. The van der Waals surface area contributed by atoms with Gasteiger partial charge >= 0.3 is 0 Å². The molecule has 0 atom stereocenters. The minimum atomic E-state index is 0.840. The minimum Gasteiger partial charge on any atom is -0.497 e. The summed E-state index contributed by atoms with van der Waals surface area (Å²) in [4.78, 5) is 5.78. The van der Waals surface area contributed by atoms with Gasteiger partial charge in [0.15, 0.2) is 0 Å². The van der Waals surface area contributed by atoms with Crippen LogP contribution in [0.4, 0.5) is 0 Å². The number of nitrogens with zero attached hydrogens (tertiary/aromatic N) is 3. The van der Waals surface area contributed by atoms with Crippen LogP contribution < -0.4 is 4.74 Å². The Morgan fingerprint density at radius 1 is 0.897 bits per heavy atom. The van der Waals surface area contributed by atoms with Crippen molar-refractivity contribution in [2.75, 3.05) is 7.11 Å². The number of ether oxygens (including phenoxy) is 1. The fraction of sp³-hybridized carbons (Fsp3) is 0.174. The predicted molar refractivity (Wildman–Crippen MR) is 121 cm³/mol. The second-order valence-electron chi connectivity index (χ2n) is 6.69. The van der Waals surface area contributed by atoms with E-state index in [1.807, 2.05) is 43.3 Å². The Bertz CT molecular complexity index is 1090. The van der Waals surface area contributed by atoms with E-state index in [1.54, 1.807) is 30.2 Å². The van der Waals surface area contributed by atoms with E-state index in [9.17, 15) is 0 Å². The van der Waals surface area contributed by atoms with Gasteiger partial charge in [-0.3, -0.25) is 0 Å². The highest BCUT2D eigenvalue weighted by molar-refractivity contribution is 7.98. The molecule has 0 fully saturated rings. The number of hydrogen-bond acceptors (Lipinski definition) is 6. The summed E-state index contributed by atoms with van der Waals surface area (Å²) in [6, 6.07) is 20.6. The van der Waals surface area contributed by atoms with Crippen LogP contribution in [0.2, 0.25) is 0 Å². The van der Waals surface area contributed by atoms with Crippen molar-refractivity contribution < 1.29 is 4.74 Å². The molecule has 0 amide bonds. The fourth-order valence-corrected chi connectivity index (χ4v) is 4.66. The second kappa shape index (κ2) is 8.76. The van der Waals surface area contributed by atoms with E-state index in [1.165, 1.54) is 11.1 Å². The van der Waals surface area contributed by atoms with Gasteiger partial charge in [0.1, 0.15) is 21.5 Å². The zero-order valence-electron chi connectivity index (χ0n) is 16.5. The largest absolute Gasteiger partial charge is 0.497 e. The highest BCUT2D eigenvalue weighted by Crippen LogP contribution is 2.35. The third-order valence-electron chi connectivity index (χ3n) is 4.51. The van der Waals surface area contributed by atoms with Gasteiger partial charge in [-0.15, -0.1) is 21.5 Å². The van der Waals surface area contributed by atoms with Gasteiger partial charge in [0.25, 0.3) is 0 Å². The molecule has 2 heterocycles. The predicted octanol–water partition coefficient (Wildman–Crippen LogP) is 6.18. The van der Waals surface area contributed by atoms with E-state index in [-0.39, 0.29) is 0 Å². The topological polar surface area (TPSA) is 47.9 Å². The zero-order valence-corrected chi connectivity index (χ0v) is 18.2. The molecule has 0 saturated heterocycles. The van der Waals surface area contributed by atoms with E-state index < -0.39 is 0 Å². The molecule has 0 unspecified atom stereocenters. The number of methoxy groups -OCH3 is 1. The molecule has 4 aromatic rings. The molecule has 0 aliphatic heterocycles. The number of thiazole rings is 1. The molecule has 0 N–H and O–H groups in total. The lowest BCUT2D eigenvalue weighted by molar-refractivity contribution is 0.415. The van der Waals surface area contributed by atoms with Crippen LogP contribution in [0, 0.1) is 13.8 Å². The van der Waals surface area contributed by atoms with E-state index in [0.29, 0.717) is 0 Å². The summed E-state index contributed by atoms with van der Waals surface area (Å²) in [5.74, 6) is 1.72. The molecule has 29 heavy (non-hydrogen) atoms. The Hall–Kier alpha value is -2.70. The third kappa shape index (κ3) is 4.66. The Kier molecular flexibility index (Phi) is 5.92. The van der Waals surface area contributed by atoms with Crippen LogP contribution in [0.25, 0.3) is 21.1 Å². The lowest BCUT2D eigenvalue weighted by Crippen LogP contribution is -1.90. The quantitative estimate of drug-likeness (QED) is 0.349. The minimum absolute atomic E-state index is 0.840. The van der Waals surface area contributed by atoms with Gasteiger partial charge in [-0.1, -0.05) is 41.6 Å². The molecule has 6 heteroatoms.